The molecule has 0 atom stereocenters. The van der Waals surface area contributed by atoms with Crippen molar-refractivity contribution >= 4 is 5.83 Å². The van der Waals surface area contributed by atoms with Gasteiger partial charge in [-0.3, -0.25) is 0 Å². The van der Waals surface area contributed by atoms with Gasteiger partial charge in [-0.1, -0.05) is 37.6 Å². The molecule has 1 nitrogen and oxygen atoms in total. The Morgan fingerprint density at radius 1 is 0.729 bits per heavy atom. The van der Waals surface area contributed by atoms with Gasteiger partial charge >= 0.3 is 6.11 Å². The number of rotatable bonds is 11. The van der Waals surface area contributed by atoms with E-state index in [0.717, 1.165) is 50.3 Å². The van der Waals surface area contributed by atoms with Gasteiger partial charge in [0.15, 0.2) is 23.3 Å². The first-order valence-corrected chi connectivity index (χ1v) is 17.7. The van der Waals surface area contributed by atoms with Crippen LogP contribution in [-0.2, 0) is 4.74 Å². The van der Waals surface area contributed by atoms with Crippen LogP contribution in [0.2, 0.25) is 0 Å². The number of ether oxygens (including phenoxy) is 1. The predicted molar refractivity (Wildman–Crippen MR) is 172 cm³/mol. The Kier molecular flexibility index (Phi) is 12.5. The summed E-state index contributed by atoms with van der Waals surface area (Å²) < 4.78 is 120. The minimum Gasteiger partial charge on any atom is -0.317 e. The van der Waals surface area contributed by atoms with Crippen molar-refractivity contribution in [3.8, 4) is 0 Å². The lowest BCUT2D eigenvalue weighted by Crippen LogP contribution is -2.38. The lowest BCUT2D eigenvalue weighted by atomic mass is 9.77. The SMILES string of the molecule is CCCCC(F)=C(F)c1ccc(C2CCC(C=CC3CCC(C(F)(F)OC4CCC(c5cc(F)c(F)c(F)c5)CC4)CC3)CC2)c(F)c1. The molecule has 0 bridgehead atoms. The van der Waals surface area contributed by atoms with Crippen LogP contribution in [0.3, 0.4) is 0 Å². The Hall–Kier alpha value is -2.68. The minimum atomic E-state index is -3.25. The standard InChI is InChI=1S/C39H46F8O/c1-2-3-4-33(40)37(44)28-15-20-32(34(41)21-28)27-11-7-24(8-12-27)5-6-25-9-16-30(17-10-25)39(46,47)48-31-18-13-26(14-19-31)29-22-35(42)38(45)36(43)23-29/h5-6,15,20-27,30-31H,2-4,7-14,16-19H2,1H3. The van der Waals surface area contributed by atoms with E-state index in [1.54, 1.807) is 6.07 Å². The van der Waals surface area contributed by atoms with Gasteiger partial charge in [0.25, 0.3) is 0 Å². The monoisotopic (exact) mass is 682 g/mol. The van der Waals surface area contributed by atoms with Gasteiger partial charge in [-0.2, -0.15) is 8.78 Å². The quantitative estimate of drug-likeness (QED) is 0.130. The normalized spacial score (nSPS) is 27.7. The minimum absolute atomic E-state index is 0.00530. The first-order chi connectivity index (χ1) is 22.9. The van der Waals surface area contributed by atoms with Crippen molar-refractivity contribution in [2.75, 3.05) is 0 Å². The summed E-state index contributed by atoms with van der Waals surface area (Å²) >= 11 is 0. The molecule has 3 fully saturated rings. The van der Waals surface area contributed by atoms with Gasteiger partial charge in [-0.15, -0.1) is 0 Å². The van der Waals surface area contributed by atoms with Crippen molar-refractivity contribution in [2.24, 2.45) is 17.8 Å². The molecule has 2 aromatic carbocycles. The van der Waals surface area contributed by atoms with Gasteiger partial charge in [-0.25, -0.2) is 26.3 Å². The molecule has 0 aliphatic heterocycles. The van der Waals surface area contributed by atoms with Crippen molar-refractivity contribution in [3.63, 3.8) is 0 Å². The number of alkyl halides is 2. The number of unbranched alkanes of at least 4 members (excludes halogenated alkanes) is 1. The van der Waals surface area contributed by atoms with Crippen LogP contribution >= 0.6 is 0 Å². The lowest BCUT2D eigenvalue weighted by molar-refractivity contribution is -0.301. The maximum Gasteiger partial charge on any atom is 0.358 e. The van der Waals surface area contributed by atoms with Crippen molar-refractivity contribution in [2.45, 2.75) is 127 Å². The van der Waals surface area contributed by atoms with E-state index in [1.807, 2.05) is 6.92 Å². The van der Waals surface area contributed by atoms with E-state index in [1.165, 1.54) is 6.07 Å². The highest BCUT2D eigenvalue weighted by Gasteiger charge is 2.44. The Balaban J connectivity index is 1.04. The van der Waals surface area contributed by atoms with E-state index in [9.17, 15) is 26.3 Å². The van der Waals surface area contributed by atoms with Crippen LogP contribution in [0.15, 0.2) is 48.3 Å². The van der Waals surface area contributed by atoms with Crippen LogP contribution < -0.4 is 0 Å². The average molecular weight is 683 g/mol. The molecule has 48 heavy (non-hydrogen) atoms. The number of hydrogen-bond acceptors (Lipinski definition) is 1. The Labute approximate surface area is 278 Å². The molecule has 0 radical (unpaired) electrons. The van der Waals surface area contributed by atoms with E-state index in [0.29, 0.717) is 74.8 Å². The number of allylic oxidation sites excluding steroid dienone is 3. The lowest BCUT2D eigenvalue weighted by Gasteiger charge is -2.36. The van der Waals surface area contributed by atoms with Crippen LogP contribution in [-0.4, -0.2) is 12.2 Å². The Morgan fingerprint density at radius 3 is 1.85 bits per heavy atom. The highest BCUT2D eigenvalue weighted by molar-refractivity contribution is 5.61. The van der Waals surface area contributed by atoms with Gasteiger partial charge in [0.1, 0.15) is 11.6 Å². The van der Waals surface area contributed by atoms with Gasteiger partial charge < -0.3 is 4.74 Å². The number of benzene rings is 2. The van der Waals surface area contributed by atoms with E-state index in [-0.39, 0.29) is 29.7 Å². The fourth-order valence-corrected chi connectivity index (χ4v) is 7.82. The molecule has 0 aromatic heterocycles. The third-order valence-electron chi connectivity index (χ3n) is 10.8. The number of hydrogen-bond donors (Lipinski definition) is 0. The fourth-order valence-electron chi connectivity index (χ4n) is 7.82. The molecular weight excluding hydrogens is 636 g/mol. The molecule has 3 aliphatic rings. The third kappa shape index (κ3) is 9.10. The molecule has 0 unspecified atom stereocenters. The summed E-state index contributed by atoms with van der Waals surface area (Å²) in [6.45, 7) is 1.89. The molecule has 3 saturated carbocycles. The Bertz CT molecular complexity index is 1400. The summed E-state index contributed by atoms with van der Waals surface area (Å²) in [5.74, 6) is -6.87. The zero-order valence-electron chi connectivity index (χ0n) is 27.5. The second kappa shape index (κ2) is 16.4. The highest BCUT2D eigenvalue weighted by Crippen LogP contribution is 2.44. The summed E-state index contributed by atoms with van der Waals surface area (Å²) in [6.07, 6.45) is 8.58. The molecular formula is C39H46F8O. The largest absolute Gasteiger partial charge is 0.358 e. The van der Waals surface area contributed by atoms with Crippen molar-refractivity contribution in [1.82, 2.24) is 0 Å². The van der Waals surface area contributed by atoms with Gasteiger partial charge in [0.05, 0.1) is 12.0 Å². The zero-order chi connectivity index (χ0) is 34.4. The van der Waals surface area contributed by atoms with E-state index >= 15 is 8.78 Å². The second-order valence-electron chi connectivity index (χ2n) is 14.1. The molecule has 0 amide bonds. The van der Waals surface area contributed by atoms with Gasteiger partial charge in [-0.05, 0) is 136 Å². The van der Waals surface area contributed by atoms with Gasteiger partial charge in [0.2, 0.25) is 0 Å². The maximum atomic E-state index is 15.2. The zero-order valence-corrected chi connectivity index (χ0v) is 27.5. The first kappa shape index (κ1) is 36.6. The van der Waals surface area contributed by atoms with E-state index in [4.69, 9.17) is 4.74 Å². The van der Waals surface area contributed by atoms with Crippen LogP contribution in [0.25, 0.3) is 5.83 Å². The van der Waals surface area contributed by atoms with Crippen LogP contribution in [0.1, 0.15) is 132 Å². The molecule has 0 saturated heterocycles. The molecule has 9 heteroatoms. The molecule has 0 N–H and O–H groups in total. The van der Waals surface area contributed by atoms with Crippen molar-refractivity contribution in [1.29, 1.82) is 0 Å². The summed E-state index contributed by atoms with van der Waals surface area (Å²) in [5.41, 5.74) is 0.817. The van der Waals surface area contributed by atoms with Crippen molar-refractivity contribution in [3.05, 3.63) is 88.3 Å². The molecule has 264 valence electrons. The molecule has 2 aromatic rings. The maximum absolute atomic E-state index is 15.2. The second-order valence-corrected chi connectivity index (χ2v) is 14.1. The smallest absolute Gasteiger partial charge is 0.317 e. The third-order valence-corrected chi connectivity index (χ3v) is 10.8. The molecule has 5 rings (SSSR count). The van der Waals surface area contributed by atoms with E-state index < -0.39 is 53.1 Å². The predicted octanol–water partition coefficient (Wildman–Crippen LogP) is 13.0. The summed E-state index contributed by atoms with van der Waals surface area (Å²) in [7, 11) is 0. The molecule has 0 heterocycles. The summed E-state index contributed by atoms with van der Waals surface area (Å²) in [5, 5.41) is 0. The fraction of sp³-hybridized carbons (Fsp3) is 0.590. The summed E-state index contributed by atoms with van der Waals surface area (Å²) in [4.78, 5) is 0. The molecule has 3 aliphatic carbocycles. The van der Waals surface area contributed by atoms with Crippen LogP contribution in [0.5, 0.6) is 0 Å². The highest BCUT2D eigenvalue weighted by atomic mass is 19.3. The first-order valence-electron chi connectivity index (χ1n) is 17.7. The van der Waals surface area contributed by atoms with E-state index in [2.05, 4.69) is 12.2 Å². The molecule has 0 spiro atoms. The Morgan fingerprint density at radius 2 is 1.29 bits per heavy atom. The summed E-state index contributed by atoms with van der Waals surface area (Å²) in [6, 6.07) is 6.12. The topological polar surface area (TPSA) is 9.23 Å². The van der Waals surface area contributed by atoms with Crippen molar-refractivity contribution < 1.29 is 39.9 Å². The average Bonchev–Trinajstić information content (AvgIpc) is 3.08. The van der Waals surface area contributed by atoms with Crippen LogP contribution in [0, 0.1) is 41.0 Å². The number of halogens is 8. The van der Waals surface area contributed by atoms with Crippen LogP contribution in [0.4, 0.5) is 35.1 Å². The van der Waals surface area contributed by atoms with Gasteiger partial charge in [0, 0.05) is 12.0 Å².